The summed E-state index contributed by atoms with van der Waals surface area (Å²) in [5, 5.41) is 5.93. The predicted octanol–water partition coefficient (Wildman–Crippen LogP) is 4.37. The van der Waals surface area contributed by atoms with Crippen LogP contribution >= 0.6 is 12.2 Å². The Labute approximate surface area is 207 Å². The van der Waals surface area contributed by atoms with E-state index >= 15 is 0 Å². The third-order valence-electron chi connectivity index (χ3n) is 5.58. The summed E-state index contributed by atoms with van der Waals surface area (Å²) in [4.78, 5) is 25.3. The first-order chi connectivity index (χ1) is 17.2. The van der Waals surface area contributed by atoms with Crippen molar-refractivity contribution in [3.8, 4) is 11.6 Å². The molecule has 1 amide bonds. The lowest BCUT2D eigenvalue weighted by Gasteiger charge is -2.23. The minimum absolute atomic E-state index is 0.0705. The number of thiocarbonyl (C=S) groups is 1. The second kappa shape index (κ2) is 10.6. The van der Waals surface area contributed by atoms with Gasteiger partial charge in [0.05, 0.1) is 12.7 Å². The topological polar surface area (TPSA) is 103 Å². The van der Waals surface area contributed by atoms with E-state index in [0.717, 1.165) is 31.4 Å². The maximum Gasteiger partial charge on any atom is 0.250 e. The van der Waals surface area contributed by atoms with E-state index < -0.39 is 0 Å². The van der Waals surface area contributed by atoms with E-state index in [-0.39, 0.29) is 23.7 Å². The summed E-state index contributed by atoms with van der Waals surface area (Å²) < 4.78 is 13.8. The number of nitrogens with zero attached hydrogens (tertiary/aromatic N) is 4. The van der Waals surface area contributed by atoms with E-state index in [1.807, 2.05) is 34.9 Å². The van der Waals surface area contributed by atoms with Gasteiger partial charge in [-0.1, -0.05) is 30.3 Å². The van der Waals surface area contributed by atoms with Crippen LogP contribution in [-0.2, 0) is 16.0 Å². The van der Waals surface area contributed by atoms with E-state index in [1.54, 1.807) is 30.6 Å². The molecule has 2 aromatic heterocycles. The van der Waals surface area contributed by atoms with E-state index in [1.165, 1.54) is 6.33 Å². The lowest BCUT2D eigenvalue weighted by Crippen LogP contribution is -2.35. The lowest BCUT2D eigenvalue weighted by molar-refractivity contribution is -0.119. The second-order valence-corrected chi connectivity index (χ2v) is 8.52. The number of hydrogen-bond donors (Lipinski definition) is 2. The highest BCUT2D eigenvalue weighted by Gasteiger charge is 2.20. The molecule has 0 saturated carbocycles. The number of benzene rings is 2. The maximum atomic E-state index is 12.2. The molecule has 1 fully saturated rings. The van der Waals surface area contributed by atoms with Crippen LogP contribution in [0.1, 0.15) is 31.1 Å². The number of imidazole rings is 1. The van der Waals surface area contributed by atoms with Crippen LogP contribution in [0, 0.1) is 0 Å². The minimum atomic E-state index is -0.181. The van der Waals surface area contributed by atoms with Gasteiger partial charge in [-0.3, -0.25) is 9.36 Å². The Bertz CT molecular complexity index is 1320. The van der Waals surface area contributed by atoms with Gasteiger partial charge in [-0.25, -0.2) is 9.97 Å². The van der Waals surface area contributed by atoms with Crippen LogP contribution in [0.5, 0.6) is 11.6 Å². The van der Waals surface area contributed by atoms with Crippen LogP contribution in [0.3, 0.4) is 0 Å². The van der Waals surface area contributed by atoms with Gasteiger partial charge in [-0.05, 0) is 61.3 Å². The second-order valence-electron chi connectivity index (χ2n) is 8.12. The fraction of sp³-hybridized carbons (Fsp3) is 0.240. The van der Waals surface area contributed by atoms with Crippen molar-refractivity contribution >= 4 is 40.1 Å². The zero-order valence-corrected chi connectivity index (χ0v) is 19.7. The van der Waals surface area contributed by atoms with Gasteiger partial charge in [-0.2, -0.15) is 4.98 Å². The first-order valence-corrected chi connectivity index (χ1v) is 11.8. The molecule has 1 saturated heterocycles. The Morgan fingerprint density at radius 1 is 1.09 bits per heavy atom. The van der Waals surface area contributed by atoms with Crippen LogP contribution in [0.2, 0.25) is 0 Å². The van der Waals surface area contributed by atoms with Gasteiger partial charge in [-0.15, -0.1) is 0 Å². The molecule has 1 aliphatic rings. The third-order valence-corrected chi connectivity index (χ3v) is 5.78. The molecule has 1 aliphatic heterocycles. The number of rotatable bonds is 6. The molecule has 3 heterocycles. The molecule has 2 aromatic carbocycles. The van der Waals surface area contributed by atoms with Crippen molar-refractivity contribution in [2.45, 2.75) is 31.9 Å². The summed E-state index contributed by atoms with van der Waals surface area (Å²) in [5.74, 6) is 0.770. The van der Waals surface area contributed by atoms with Crippen LogP contribution in [0.15, 0.2) is 67.3 Å². The average molecular weight is 489 g/mol. The zero-order chi connectivity index (χ0) is 24.0. The van der Waals surface area contributed by atoms with Gasteiger partial charge in [0, 0.05) is 12.3 Å². The van der Waals surface area contributed by atoms with Crippen molar-refractivity contribution < 1.29 is 14.3 Å². The Morgan fingerprint density at radius 3 is 2.69 bits per heavy atom. The number of hydrogen-bond acceptors (Lipinski definition) is 7. The molecule has 2 N–H and O–H groups in total. The van der Waals surface area contributed by atoms with Crippen molar-refractivity contribution in [2.75, 3.05) is 11.9 Å². The summed E-state index contributed by atoms with van der Waals surface area (Å²) in [6, 6.07) is 16.7. The molecular weight excluding hydrogens is 464 g/mol. The summed E-state index contributed by atoms with van der Waals surface area (Å²) in [5.41, 5.74) is 2.89. The van der Waals surface area contributed by atoms with E-state index in [2.05, 4.69) is 25.6 Å². The molecule has 0 aliphatic carbocycles. The Kier molecular flexibility index (Phi) is 6.92. The molecule has 10 heteroatoms. The predicted molar refractivity (Wildman–Crippen MR) is 135 cm³/mol. The smallest absolute Gasteiger partial charge is 0.250 e. The van der Waals surface area contributed by atoms with Gasteiger partial charge < -0.3 is 20.1 Å². The highest BCUT2D eigenvalue weighted by Crippen LogP contribution is 2.30. The highest BCUT2D eigenvalue weighted by atomic mass is 32.1. The third kappa shape index (κ3) is 5.61. The molecule has 1 unspecified atom stereocenters. The van der Waals surface area contributed by atoms with Crippen LogP contribution < -0.4 is 15.4 Å². The van der Waals surface area contributed by atoms with Crippen LogP contribution in [-0.4, -0.2) is 37.1 Å². The number of fused-ring (bicyclic) bond motifs is 1. The summed E-state index contributed by atoms with van der Waals surface area (Å²) in [6.07, 6.45) is 6.48. The number of amides is 1. The maximum absolute atomic E-state index is 12.2. The number of anilines is 1. The number of nitrogens with one attached hydrogen (secondary N) is 2. The highest BCUT2D eigenvalue weighted by molar-refractivity contribution is 7.80. The molecule has 0 spiro atoms. The van der Waals surface area contributed by atoms with Gasteiger partial charge in [0.15, 0.2) is 16.3 Å². The van der Waals surface area contributed by atoms with Gasteiger partial charge in [0.25, 0.3) is 5.88 Å². The fourth-order valence-electron chi connectivity index (χ4n) is 3.89. The lowest BCUT2D eigenvalue weighted by atomic mass is 10.1. The summed E-state index contributed by atoms with van der Waals surface area (Å²) in [7, 11) is 0. The largest absolute Gasteiger partial charge is 0.437 e. The van der Waals surface area contributed by atoms with E-state index in [9.17, 15) is 4.79 Å². The Balaban J connectivity index is 1.20. The molecule has 9 nitrogen and oxygen atoms in total. The summed E-state index contributed by atoms with van der Waals surface area (Å²) >= 11 is 5.26. The van der Waals surface area contributed by atoms with Gasteiger partial charge in [0.2, 0.25) is 5.91 Å². The molecule has 4 aromatic rings. The van der Waals surface area contributed by atoms with Gasteiger partial charge in [0.1, 0.15) is 18.3 Å². The minimum Gasteiger partial charge on any atom is -0.437 e. The number of carbonyl (C=O) groups is 1. The van der Waals surface area contributed by atoms with Crippen LogP contribution in [0.4, 0.5) is 5.69 Å². The van der Waals surface area contributed by atoms with E-state index in [4.69, 9.17) is 21.7 Å². The molecule has 5 rings (SSSR count). The summed E-state index contributed by atoms with van der Waals surface area (Å²) in [6.45, 7) is 0.735. The van der Waals surface area contributed by atoms with E-state index in [0.29, 0.717) is 28.5 Å². The standard InChI is InChI=1S/C25H24N6O3S/c32-20(14-17-6-2-1-3-7-17)30-25(35)29-18-9-11-19(12-10-18)34-24-22-23(26-15-27-24)31(16-28-22)21-8-4-5-13-33-21/h1-3,6-7,9-12,15-16,21H,4-5,8,13-14H2,(H2,29,30,32,35). The molecule has 0 radical (unpaired) electrons. The Morgan fingerprint density at radius 2 is 1.91 bits per heavy atom. The molecular formula is C25H24N6O3S. The fourth-order valence-corrected chi connectivity index (χ4v) is 4.12. The van der Waals surface area contributed by atoms with Crippen molar-refractivity contribution in [2.24, 2.45) is 0 Å². The SMILES string of the molecule is O=C(Cc1ccccc1)NC(=S)Nc1ccc(Oc2ncnc3c2ncn3C2CCCCO2)cc1. The molecule has 178 valence electrons. The molecule has 1 atom stereocenters. The molecule has 0 bridgehead atoms. The van der Waals surface area contributed by atoms with Crippen LogP contribution in [0.25, 0.3) is 11.2 Å². The number of carbonyl (C=O) groups excluding carboxylic acids is 1. The van der Waals surface area contributed by atoms with Crippen molar-refractivity contribution in [3.63, 3.8) is 0 Å². The zero-order valence-electron chi connectivity index (χ0n) is 18.9. The number of ether oxygens (including phenoxy) is 2. The Hall–Kier alpha value is -3.89. The monoisotopic (exact) mass is 488 g/mol. The van der Waals surface area contributed by atoms with Crippen molar-refractivity contribution in [1.82, 2.24) is 24.8 Å². The van der Waals surface area contributed by atoms with Crippen molar-refractivity contribution in [3.05, 3.63) is 72.8 Å². The average Bonchev–Trinajstić information content (AvgIpc) is 3.31. The first kappa shape index (κ1) is 22.9. The quantitative estimate of drug-likeness (QED) is 0.386. The molecule has 35 heavy (non-hydrogen) atoms. The van der Waals surface area contributed by atoms with Gasteiger partial charge >= 0.3 is 0 Å². The normalized spacial score (nSPS) is 15.5. The first-order valence-electron chi connectivity index (χ1n) is 11.4. The van der Waals surface area contributed by atoms with Crippen molar-refractivity contribution in [1.29, 1.82) is 0 Å². The number of aromatic nitrogens is 4.